The lowest BCUT2D eigenvalue weighted by Crippen LogP contribution is -2.43. The fourth-order valence-electron chi connectivity index (χ4n) is 2.10. The molecule has 0 spiro atoms. The quantitative estimate of drug-likeness (QED) is 0.688. The van der Waals surface area contributed by atoms with Crippen LogP contribution in [0.4, 0.5) is 0 Å². The molecule has 4 N–H and O–H groups in total. The fraction of sp³-hybridized carbons (Fsp3) is 0.500. The molecule has 1 aliphatic rings. The standard InChI is InChI=1S/C14H20N2O3/c1-16(8-9-2-3-9)14(19)11(15)6-10-4-5-12(17)13(18)7-10/h4-5,7,9,11,17-18H,2-3,6,8,15H2,1H3/t11-/m0/s1. The Morgan fingerprint density at radius 1 is 1.42 bits per heavy atom. The summed E-state index contributed by atoms with van der Waals surface area (Å²) in [6, 6.07) is 3.87. The number of hydrogen-bond acceptors (Lipinski definition) is 4. The molecule has 0 heterocycles. The molecule has 0 bridgehead atoms. The van der Waals surface area contributed by atoms with Crippen molar-refractivity contribution in [1.82, 2.24) is 4.90 Å². The first kappa shape index (κ1) is 13.7. The van der Waals surface area contributed by atoms with E-state index in [1.165, 1.54) is 25.0 Å². The SMILES string of the molecule is CN(CC1CC1)C(=O)[C@@H](N)Cc1ccc(O)c(O)c1. The van der Waals surface area contributed by atoms with Crippen LogP contribution in [-0.4, -0.2) is 40.7 Å². The van der Waals surface area contributed by atoms with Crippen molar-refractivity contribution in [2.24, 2.45) is 11.7 Å². The van der Waals surface area contributed by atoms with Gasteiger partial charge in [-0.3, -0.25) is 4.79 Å². The highest BCUT2D eigenvalue weighted by Crippen LogP contribution is 2.29. The molecule has 1 aromatic rings. The second-order valence-electron chi connectivity index (χ2n) is 5.30. The number of benzene rings is 1. The first-order valence-electron chi connectivity index (χ1n) is 6.48. The van der Waals surface area contributed by atoms with Gasteiger partial charge in [-0.05, 0) is 42.9 Å². The number of phenolic OH excluding ortho intramolecular Hbond substituents is 2. The van der Waals surface area contributed by atoms with Crippen LogP contribution in [0.5, 0.6) is 11.5 Å². The zero-order valence-corrected chi connectivity index (χ0v) is 11.0. The maximum absolute atomic E-state index is 12.1. The van der Waals surface area contributed by atoms with Crippen LogP contribution in [0.15, 0.2) is 18.2 Å². The smallest absolute Gasteiger partial charge is 0.239 e. The van der Waals surface area contributed by atoms with E-state index < -0.39 is 6.04 Å². The van der Waals surface area contributed by atoms with Crippen LogP contribution in [0.2, 0.25) is 0 Å². The summed E-state index contributed by atoms with van der Waals surface area (Å²) in [5.74, 6) is 0.191. The van der Waals surface area contributed by atoms with E-state index in [1.807, 2.05) is 0 Å². The molecular formula is C14H20N2O3. The van der Waals surface area contributed by atoms with E-state index in [0.717, 1.165) is 12.1 Å². The van der Waals surface area contributed by atoms with E-state index >= 15 is 0 Å². The molecule has 1 aliphatic carbocycles. The monoisotopic (exact) mass is 264 g/mol. The van der Waals surface area contributed by atoms with Crippen molar-refractivity contribution >= 4 is 5.91 Å². The number of amides is 1. The number of nitrogens with two attached hydrogens (primary N) is 1. The maximum atomic E-state index is 12.1. The third-order valence-corrected chi connectivity index (χ3v) is 3.42. The Labute approximate surface area is 112 Å². The Balaban J connectivity index is 1.93. The molecule has 5 heteroatoms. The number of rotatable bonds is 5. The van der Waals surface area contributed by atoms with Crippen LogP contribution < -0.4 is 5.73 Å². The van der Waals surface area contributed by atoms with Gasteiger partial charge in [-0.25, -0.2) is 0 Å². The minimum absolute atomic E-state index is 0.0838. The highest BCUT2D eigenvalue weighted by Gasteiger charge is 2.27. The molecule has 0 saturated heterocycles. The van der Waals surface area contributed by atoms with Crippen LogP contribution in [0.3, 0.4) is 0 Å². The summed E-state index contributed by atoms with van der Waals surface area (Å²) >= 11 is 0. The summed E-state index contributed by atoms with van der Waals surface area (Å²) in [7, 11) is 1.77. The van der Waals surface area contributed by atoms with Gasteiger partial charge in [0.2, 0.25) is 5.91 Å². The van der Waals surface area contributed by atoms with Gasteiger partial charge in [0.1, 0.15) is 0 Å². The molecule has 1 fully saturated rings. The average molecular weight is 264 g/mol. The van der Waals surface area contributed by atoms with Gasteiger partial charge >= 0.3 is 0 Å². The predicted molar refractivity (Wildman–Crippen MR) is 71.8 cm³/mol. The summed E-state index contributed by atoms with van der Waals surface area (Å²) < 4.78 is 0. The maximum Gasteiger partial charge on any atom is 0.239 e. The van der Waals surface area contributed by atoms with Crippen molar-refractivity contribution in [2.75, 3.05) is 13.6 Å². The van der Waals surface area contributed by atoms with Gasteiger partial charge in [0.25, 0.3) is 0 Å². The summed E-state index contributed by atoms with van der Waals surface area (Å²) in [4.78, 5) is 13.7. The first-order valence-corrected chi connectivity index (χ1v) is 6.48. The number of nitrogens with zero attached hydrogens (tertiary/aromatic N) is 1. The first-order chi connectivity index (χ1) is 8.97. The molecule has 1 aromatic carbocycles. The zero-order chi connectivity index (χ0) is 14.0. The molecule has 19 heavy (non-hydrogen) atoms. The van der Waals surface area contributed by atoms with Crippen LogP contribution in [0.1, 0.15) is 18.4 Å². The Kier molecular flexibility index (Phi) is 3.95. The molecule has 0 aromatic heterocycles. The van der Waals surface area contributed by atoms with Crippen LogP contribution in [-0.2, 0) is 11.2 Å². The Morgan fingerprint density at radius 2 is 2.11 bits per heavy atom. The number of aromatic hydroxyl groups is 2. The van der Waals surface area contributed by atoms with Crippen molar-refractivity contribution in [2.45, 2.75) is 25.3 Å². The molecule has 104 valence electrons. The topological polar surface area (TPSA) is 86.8 Å². The van der Waals surface area contributed by atoms with E-state index in [-0.39, 0.29) is 17.4 Å². The number of phenols is 2. The number of carbonyl (C=O) groups is 1. The van der Waals surface area contributed by atoms with E-state index in [9.17, 15) is 15.0 Å². The van der Waals surface area contributed by atoms with Crippen LogP contribution >= 0.6 is 0 Å². The van der Waals surface area contributed by atoms with Crippen LogP contribution in [0.25, 0.3) is 0 Å². The lowest BCUT2D eigenvalue weighted by atomic mass is 10.0. The normalized spacial score (nSPS) is 16.1. The van der Waals surface area contributed by atoms with Gasteiger partial charge in [0.05, 0.1) is 6.04 Å². The van der Waals surface area contributed by atoms with Gasteiger partial charge in [0.15, 0.2) is 11.5 Å². The van der Waals surface area contributed by atoms with Crippen molar-refractivity contribution < 1.29 is 15.0 Å². The molecule has 2 rings (SSSR count). The Hall–Kier alpha value is -1.75. The van der Waals surface area contributed by atoms with E-state index in [1.54, 1.807) is 18.0 Å². The summed E-state index contributed by atoms with van der Waals surface area (Å²) in [5.41, 5.74) is 6.63. The van der Waals surface area contributed by atoms with Gasteiger partial charge in [-0.1, -0.05) is 6.07 Å². The highest BCUT2D eigenvalue weighted by atomic mass is 16.3. The summed E-state index contributed by atoms with van der Waals surface area (Å²) in [5, 5.41) is 18.6. The summed E-state index contributed by atoms with van der Waals surface area (Å²) in [6.07, 6.45) is 2.74. The molecule has 1 atom stereocenters. The lowest BCUT2D eigenvalue weighted by molar-refractivity contribution is -0.131. The van der Waals surface area contributed by atoms with E-state index in [4.69, 9.17) is 5.73 Å². The molecule has 1 amide bonds. The predicted octanol–water partition coefficient (Wildman–Crippen LogP) is 0.836. The van der Waals surface area contributed by atoms with Crippen molar-refractivity contribution in [3.05, 3.63) is 23.8 Å². The Morgan fingerprint density at radius 3 is 2.68 bits per heavy atom. The zero-order valence-electron chi connectivity index (χ0n) is 11.0. The molecular weight excluding hydrogens is 244 g/mol. The third kappa shape index (κ3) is 3.61. The summed E-state index contributed by atoms with van der Waals surface area (Å²) in [6.45, 7) is 0.771. The van der Waals surface area contributed by atoms with Gasteiger partial charge in [0, 0.05) is 13.6 Å². The second kappa shape index (κ2) is 5.48. The third-order valence-electron chi connectivity index (χ3n) is 3.42. The van der Waals surface area contributed by atoms with Crippen molar-refractivity contribution in [3.8, 4) is 11.5 Å². The lowest BCUT2D eigenvalue weighted by Gasteiger charge is -2.21. The molecule has 0 aliphatic heterocycles. The second-order valence-corrected chi connectivity index (χ2v) is 5.30. The molecule has 1 saturated carbocycles. The van der Waals surface area contributed by atoms with Crippen molar-refractivity contribution in [3.63, 3.8) is 0 Å². The number of likely N-dealkylation sites (N-methyl/N-ethyl adjacent to an activating group) is 1. The minimum Gasteiger partial charge on any atom is -0.504 e. The molecule has 0 unspecified atom stereocenters. The minimum atomic E-state index is -0.618. The van der Waals surface area contributed by atoms with Crippen molar-refractivity contribution in [1.29, 1.82) is 0 Å². The number of hydrogen-bond donors (Lipinski definition) is 3. The Bertz CT molecular complexity index is 472. The average Bonchev–Trinajstić information content (AvgIpc) is 3.16. The molecule has 0 radical (unpaired) electrons. The van der Waals surface area contributed by atoms with Crippen LogP contribution in [0, 0.1) is 5.92 Å². The highest BCUT2D eigenvalue weighted by molar-refractivity contribution is 5.81. The fourth-order valence-corrected chi connectivity index (χ4v) is 2.10. The van der Waals surface area contributed by atoms with E-state index in [0.29, 0.717) is 12.3 Å². The van der Waals surface area contributed by atoms with Gasteiger partial charge in [-0.15, -0.1) is 0 Å². The van der Waals surface area contributed by atoms with Gasteiger partial charge in [-0.2, -0.15) is 0 Å². The number of carbonyl (C=O) groups excluding carboxylic acids is 1. The largest absolute Gasteiger partial charge is 0.504 e. The van der Waals surface area contributed by atoms with Gasteiger partial charge < -0.3 is 20.8 Å². The molecule has 5 nitrogen and oxygen atoms in total. The van der Waals surface area contributed by atoms with E-state index in [2.05, 4.69) is 0 Å².